The van der Waals surface area contributed by atoms with Gasteiger partial charge in [-0.2, -0.15) is 4.98 Å². The quantitative estimate of drug-likeness (QED) is 0.435. The molecular formula is C11H18N4O4. The summed E-state index contributed by atoms with van der Waals surface area (Å²) >= 11 is 0. The first-order valence-corrected chi connectivity index (χ1v) is 5.95. The lowest BCUT2D eigenvalue weighted by molar-refractivity contribution is -0.385. The van der Waals surface area contributed by atoms with E-state index in [0.717, 1.165) is 6.42 Å². The van der Waals surface area contributed by atoms with Crippen molar-refractivity contribution >= 4 is 11.5 Å². The average Bonchev–Trinajstić information content (AvgIpc) is 2.33. The lowest BCUT2D eigenvalue weighted by atomic mass is 10.4. The van der Waals surface area contributed by atoms with Crippen molar-refractivity contribution in [3.05, 3.63) is 16.4 Å². The van der Waals surface area contributed by atoms with Crippen LogP contribution in [0.5, 0.6) is 5.88 Å². The van der Waals surface area contributed by atoms with Crippen molar-refractivity contribution in [3.63, 3.8) is 0 Å². The molecule has 1 aromatic rings. The Morgan fingerprint density at radius 2 is 2.21 bits per heavy atom. The number of aromatic nitrogens is 2. The maximum atomic E-state index is 11.1. The van der Waals surface area contributed by atoms with Crippen LogP contribution in [-0.4, -0.2) is 41.3 Å². The SMILES string of the molecule is COCCCNc1ncnc(OC(C)C)c1[N+](=O)[O-]. The standard InChI is InChI=1S/C11H18N4O4/c1-8(2)19-11-9(15(16)17)10(13-7-14-11)12-5-4-6-18-3/h7-8H,4-6H2,1-3H3,(H,12,13,14). The third kappa shape index (κ3) is 4.66. The lowest BCUT2D eigenvalue weighted by Crippen LogP contribution is -2.13. The van der Waals surface area contributed by atoms with Crippen LogP contribution in [0.15, 0.2) is 6.33 Å². The number of rotatable bonds is 8. The minimum atomic E-state index is -0.545. The number of nitro groups is 1. The summed E-state index contributed by atoms with van der Waals surface area (Å²) < 4.78 is 10.2. The molecule has 0 saturated heterocycles. The molecule has 0 amide bonds. The van der Waals surface area contributed by atoms with E-state index >= 15 is 0 Å². The van der Waals surface area contributed by atoms with Crippen molar-refractivity contribution in [2.75, 3.05) is 25.6 Å². The number of nitrogens with zero attached hydrogens (tertiary/aromatic N) is 3. The van der Waals surface area contributed by atoms with E-state index in [1.54, 1.807) is 21.0 Å². The van der Waals surface area contributed by atoms with Gasteiger partial charge in [0.05, 0.1) is 11.0 Å². The molecule has 0 aromatic carbocycles. The van der Waals surface area contributed by atoms with Gasteiger partial charge in [0.25, 0.3) is 5.88 Å². The molecule has 1 rings (SSSR count). The van der Waals surface area contributed by atoms with Crippen LogP contribution in [0.2, 0.25) is 0 Å². The number of methoxy groups -OCH3 is 1. The zero-order valence-electron chi connectivity index (χ0n) is 11.3. The van der Waals surface area contributed by atoms with Gasteiger partial charge in [-0.25, -0.2) is 4.98 Å². The molecule has 0 aliphatic carbocycles. The Morgan fingerprint density at radius 1 is 1.47 bits per heavy atom. The molecule has 8 heteroatoms. The molecule has 106 valence electrons. The summed E-state index contributed by atoms with van der Waals surface area (Å²) in [6, 6.07) is 0. The molecule has 8 nitrogen and oxygen atoms in total. The van der Waals surface area contributed by atoms with Crippen molar-refractivity contribution in [2.24, 2.45) is 0 Å². The molecule has 0 unspecified atom stereocenters. The first-order chi connectivity index (χ1) is 9.06. The first kappa shape index (κ1) is 15.1. The minimum absolute atomic E-state index is 0.0239. The van der Waals surface area contributed by atoms with Crippen LogP contribution in [0.4, 0.5) is 11.5 Å². The van der Waals surface area contributed by atoms with Gasteiger partial charge in [-0.3, -0.25) is 10.1 Å². The van der Waals surface area contributed by atoms with Gasteiger partial charge in [-0.15, -0.1) is 0 Å². The van der Waals surface area contributed by atoms with Crippen LogP contribution in [0.1, 0.15) is 20.3 Å². The monoisotopic (exact) mass is 270 g/mol. The molecule has 19 heavy (non-hydrogen) atoms. The Balaban J connectivity index is 2.87. The average molecular weight is 270 g/mol. The fourth-order valence-corrected chi connectivity index (χ4v) is 1.39. The summed E-state index contributed by atoms with van der Waals surface area (Å²) in [6.45, 7) is 4.64. The van der Waals surface area contributed by atoms with Crippen molar-refractivity contribution in [1.29, 1.82) is 0 Å². The third-order valence-electron chi connectivity index (χ3n) is 2.14. The maximum Gasteiger partial charge on any atom is 0.372 e. The van der Waals surface area contributed by atoms with E-state index < -0.39 is 4.92 Å². The summed E-state index contributed by atoms with van der Waals surface area (Å²) in [5.41, 5.74) is -0.242. The highest BCUT2D eigenvalue weighted by molar-refractivity contribution is 5.61. The summed E-state index contributed by atoms with van der Waals surface area (Å²) in [5, 5.41) is 14.0. The zero-order valence-corrected chi connectivity index (χ0v) is 11.3. The molecule has 1 aromatic heterocycles. The van der Waals surface area contributed by atoms with Gasteiger partial charge in [-0.1, -0.05) is 0 Å². The molecule has 0 saturated carbocycles. The molecule has 0 radical (unpaired) electrons. The summed E-state index contributed by atoms with van der Waals surface area (Å²) in [5.74, 6) is 0.135. The molecule has 0 aliphatic rings. The summed E-state index contributed by atoms with van der Waals surface area (Å²) in [4.78, 5) is 18.2. The fraction of sp³-hybridized carbons (Fsp3) is 0.636. The number of anilines is 1. The zero-order chi connectivity index (χ0) is 14.3. The van der Waals surface area contributed by atoms with Gasteiger partial charge < -0.3 is 14.8 Å². The molecule has 0 bridgehead atoms. The first-order valence-electron chi connectivity index (χ1n) is 5.95. The predicted molar refractivity (Wildman–Crippen MR) is 69.4 cm³/mol. The molecule has 0 spiro atoms. The van der Waals surface area contributed by atoms with Gasteiger partial charge in [-0.05, 0) is 20.3 Å². The van der Waals surface area contributed by atoms with E-state index in [1.807, 2.05) is 0 Å². The van der Waals surface area contributed by atoms with Crippen LogP contribution >= 0.6 is 0 Å². The highest BCUT2D eigenvalue weighted by Crippen LogP contribution is 2.31. The molecular weight excluding hydrogens is 252 g/mol. The van der Waals surface area contributed by atoms with Gasteiger partial charge >= 0.3 is 5.69 Å². The fourth-order valence-electron chi connectivity index (χ4n) is 1.39. The van der Waals surface area contributed by atoms with E-state index in [9.17, 15) is 10.1 Å². The van der Waals surface area contributed by atoms with Gasteiger partial charge in [0.15, 0.2) is 0 Å². The second-order valence-electron chi connectivity index (χ2n) is 4.07. The second kappa shape index (κ2) is 7.47. The van der Waals surface area contributed by atoms with Gasteiger partial charge in [0.2, 0.25) is 5.82 Å². The van der Waals surface area contributed by atoms with Crippen molar-refractivity contribution in [1.82, 2.24) is 9.97 Å². The molecule has 0 atom stereocenters. The highest BCUT2D eigenvalue weighted by Gasteiger charge is 2.24. The number of ether oxygens (including phenoxy) is 2. The molecule has 1 N–H and O–H groups in total. The maximum absolute atomic E-state index is 11.1. The van der Waals surface area contributed by atoms with Crippen molar-refractivity contribution < 1.29 is 14.4 Å². The van der Waals surface area contributed by atoms with Crippen molar-refractivity contribution in [2.45, 2.75) is 26.4 Å². The van der Waals surface area contributed by atoms with Gasteiger partial charge in [0.1, 0.15) is 6.33 Å². The normalized spacial score (nSPS) is 10.5. The molecule has 0 fully saturated rings. The Labute approximate surface area is 111 Å². The Kier molecular flexibility index (Phi) is 5.94. The number of hydrogen-bond donors (Lipinski definition) is 1. The largest absolute Gasteiger partial charge is 0.470 e. The van der Waals surface area contributed by atoms with E-state index in [1.165, 1.54) is 6.33 Å². The molecule has 1 heterocycles. The third-order valence-corrected chi connectivity index (χ3v) is 2.14. The smallest absolute Gasteiger partial charge is 0.372 e. The van der Waals surface area contributed by atoms with Crippen LogP contribution in [0.25, 0.3) is 0 Å². The van der Waals surface area contributed by atoms with Crippen LogP contribution in [-0.2, 0) is 4.74 Å². The minimum Gasteiger partial charge on any atom is -0.470 e. The Hall–Kier alpha value is -1.96. The Bertz CT molecular complexity index is 425. The van der Waals surface area contributed by atoms with Crippen molar-refractivity contribution in [3.8, 4) is 5.88 Å². The van der Waals surface area contributed by atoms with E-state index in [2.05, 4.69) is 15.3 Å². The van der Waals surface area contributed by atoms with Crippen LogP contribution in [0.3, 0.4) is 0 Å². The van der Waals surface area contributed by atoms with E-state index in [0.29, 0.717) is 13.2 Å². The van der Waals surface area contributed by atoms with Gasteiger partial charge in [0, 0.05) is 20.3 Å². The highest BCUT2D eigenvalue weighted by atomic mass is 16.6. The predicted octanol–water partition coefficient (Wildman–Crippen LogP) is 1.62. The number of hydrogen-bond acceptors (Lipinski definition) is 7. The van der Waals surface area contributed by atoms with E-state index in [-0.39, 0.29) is 23.5 Å². The summed E-state index contributed by atoms with van der Waals surface area (Å²) in [7, 11) is 1.60. The Morgan fingerprint density at radius 3 is 2.79 bits per heavy atom. The second-order valence-corrected chi connectivity index (χ2v) is 4.07. The number of nitrogens with one attached hydrogen (secondary N) is 1. The van der Waals surface area contributed by atoms with E-state index in [4.69, 9.17) is 9.47 Å². The van der Waals surface area contributed by atoms with Crippen LogP contribution in [0, 0.1) is 10.1 Å². The van der Waals surface area contributed by atoms with Crippen LogP contribution < -0.4 is 10.1 Å². The molecule has 0 aliphatic heterocycles. The topological polar surface area (TPSA) is 99.4 Å². The lowest BCUT2D eigenvalue weighted by Gasteiger charge is -2.11. The summed E-state index contributed by atoms with van der Waals surface area (Å²) in [6.07, 6.45) is 1.76.